The lowest BCUT2D eigenvalue weighted by Gasteiger charge is -2.08. The van der Waals surface area contributed by atoms with Crippen LogP contribution in [0.2, 0.25) is 5.02 Å². The number of benzene rings is 2. The number of fused-ring (bicyclic) bond motifs is 1. The number of carboxylic acid groups (broad SMARTS) is 1. The number of aromatic nitrogens is 1. The van der Waals surface area contributed by atoms with Crippen LogP contribution < -0.4 is 0 Å². The van der Waals surface area contributed by atoms with Gasteiger partial charge in [0.2, 0.25) is 0 Å². The third-order valence-electron chi connectivity index (χ3n) is 3.63. The first-order chi connectivity index (χ1) is 10.6. The lowest BCUT2D eigenvalue weighted by molar-refractivity contribution is 0.0680. The van der Waals surface area contributed by atoms with Gasteiger partial charge in [-0.3, -0.25) is 0 Å². The van der Waals surface area contributed by atoms with E-state index in [1.165, 1.54) is 10.6 Å². The minimum Gasteiger partial charge on any atom is -0.476 e. The molecule has 0 saturated heterocycles. The molecule has 0 spiro atoms. The molecule has 1 heterocycles. The average Bonchev–Trinajstić information content (AvgIpc) is 2.78. The van der Waals surface area contributed by atoms with Crippen LogP contribution in [0, 0.1) is 5.82 Å². The van der Waals surface area contributed by atoms with Crippen molar-refractivity contribution in [1.82, 2.24) is 4.57 Å². The van der Waals surface area contributed by atoms with Gasteiger partial charge in [0.1, 0.15) is 0 Å². The standard InChI is InChI=1S/C17H13ClFNO2/c18-12-6-7-14-13(10-12)15(19)16(17(21)22)20(14)9-8-11-4-2-1-3-5-11/h1-7,10H,8-9H2,(H,21,22). The van der Waals surface area contributed by atoms with Crippen LogP contribution in [-0.4, -0.2) is 15.6 Å². The molecule has 22 heavy (non-hydrogen) atoms. The van der Waals surface area contributed by atoms with Gasteiger partial charge >= 0.3 is 5.97 Å². The number of carbonyl (C=O) groups is 1. The normalized spacial score (nSPS) is 11.0. The molecule has 0 atom stereocenters. The molecule has 0 unspecified atom stereocenters. The van der Waals surface area contributed by atoms with Gasteiger partial charge in [-0.2, -0.15) is 0 Å². The Balaban J connectivity index is 2.07. The molecule has 0 radical (unpaired) electrons. The highest BCUT2D eigenvalue weighted by Gasteiger charge is 2.22. The van der Waals surface area contributed by atoms with Crippen molar-refractivity contribution in [1.29, 1.82) is 0 Å². The van der Waals surface area contributed by atoms with Crippen molar-refractivity contribution in [3.05, 3.63) is 70.6 Å². The second-order valence-corrected chi connectivity index (χ2v) is 5.45. The van der Waals surface area contributed by atoms with Gasteiger partial charge in [0.15, 0.2) is 11.5 Å². The second kappa shape index (κ2) is 5.81. The molecule has 0 aliphatic heterocycles. The van der Waals surface area contributed by atoms with E-state index in [9.17, 15) is 14.3 Å². The summed E-state index contributed by atoms with van der Waals surface area (Å²) < 4.78 is 15.9. The van der Waals surface area contributed by atoms with Gasteiger partial charge in [0.05, 0.1) is 5.52 Å². The molecule has 3 aromatic rings. The number of aryl methyl sites for hydroxylation is 2. The molecule has 0 aliphatic rings. The van der Waals surface area contributed by atoms with Crippen LogP contribution in [0.3, 0.4) is 0 Å². The van der Waals surface area contributed by atoms with Gasteiger partial charge in [0, 0.05) is 17.0 Å². The zero-order chi connectivity index (χ0) is 15.7. The van der Waals surface area contributed by atoms with Crippen LogP contribution in [0.5, 0.6) is 0 Å². The predicted molar refractivity (Wildman–Crippen MR) is 84.0 cm³/mol. The third kappa shape index (κ3) is 2.57. The van der Waals surface area contributed by atoms with E-state index in [4.69, 9.17) is 11.6 Å². The molecule has 3 rings (SSSR count). The molecule has 2 aromatic carbocycles. The van der Waals surface area contributed by atoms with E-state index in [1.807, 2.05) is 30.3 Å². The van der Waals surface area contributed by atoms with Crippen LogP contribution in [-0.2, 0) is 13.0 Å². The highest BCUT2D eigenvalue weighted by Crippen LogP contribution is 2.28. The largest absolute Gasteiger partial charge is 0.476 e. The lowest BCUT2D eigenvalue weighted by Crippen LogP contribution is -2.11. The Morgan fingerprint density at radius 3 is 2.59 bits per heavy atom. The molecular weight excluding hydrogens is 305 g/mol. The maximum Gasteiger partial charge on any atom is 0.355 e. The predicted octanol–water partition coefficient (Wildman–Crippen LogP) is 4.37. The van der Waals surface area contributed by atoms with Crippen LogP contribution in [0.4, 0.5) is 4.39 Å². The molecule has 0 bridgehead atoms. The minimum absolute atomic E-state index is 0.234. The summed E-state index contributed by atoms with van der Waals surface area (Å²) in [6.07, 6.45) is 0.618. The van der Waals surface area contributed by atoms with Gasteiger partial charge in [-0.1, -0.05) is 41.9 Å². The molecule has 0 saturated carbocycles. The van der Waals surface area contributed by atoms with Gasteiger partial charge in [-0.05, 0) is 30.2 Å². The van der Waals surface area contributed by atoms with Crippen molar-refractivity contribution in [3.63, 3.8) is 0 Å². The second-order valence-electron chi connectivity index (χ2n) is 5.02. The van der Waals surface area contributed by atoms with E-state index in [1.54, 1.807) is 12.1 Å². The summed E-state index contributed by atoms with van der Waals surface area (Å²) in [4.78, 5) is 11.4. The minimum atomic E-state index is -1.28. The Hall–Kier alpha value is -2.33. The van der Waals surface area contributed by atoms with Crippen LogP contribution in [0.15, 0.2) is 48.5 Å². The van der Waals surface area contributed by atoms with E-state index in [2.05, 4.69) is 0 Å². The van der Waals surface area contributed by atoms with Crippen LogP contribution in [0.1, 0.15) is 16.1 Å². The number of carboxylic acids is 1. The lowest BCUT2D eigenvalue weighted by atomic mass is 10.1. The summed E-state index contributed by atoms with van der Waals surface area (Å²) in [5.74, 6) is -2.02. The molecule has 1 aromatic heterocycles. The quantitative estimate of drug-likeness (QED) is 0.776. The Morgan fingerprint density at radius 2 is 1.91 bits per heavy atom. The summed E-state index contributed by atoms with van der Waals surface area (Å²) in [5.41, 5.74) is 1.28. The van der Waals surface area contributed by atoms with Crippen molar-refractivity contribution in [2.75, 3.05) is 0 Å². The highest BCUT2D eigenvalue weighted by atomic mass is 35.5. The maximum absolute atomic E-state index is 14.4. The molecule has 0 aliphatic carbocycles. The van der Waals surface area contributed by atoms with Crippen molar-refractivity contribution >= 4 is 28.5 Å². The van der Waals surface area contributed by atoms with Crippen LogP contribution in [0.25, 0.3) is 10.9 Å². The Bertz CT molecular complexity index is 843. The number of hydrogen-bond donors (Lipinski definition) is 1. The molecule has 0 amide bonds. The zero-order valence-corrected chi connectivity index (χ0v) is 12.3. The summed E-state index contributed by atoms with van der Waals surface area (Å²) in [6.45, 7) is 0.383. The van der Waals surface area contributed by atoms with Crippen molar-refractivity contribution in [2.45, 2.75) is 13.0 Å². The summed E-state index contributed by atoms with van der Waals surface area (Å²) >= 11 is 5.88. The van der Waals surface area contributed by atoms with Gasteiger partial charge in [-0.15, -0.1) is 0 Å². The molecule has 3 nitrogen and oxygen atoms in total. The fraction of sp³-hybridized carbons (Fsp3) is 0.118. The van der Waals surface area contributed by atoms with Crippen molar-refractivity contribution in [2.24, 2.45) is 0 Å². The van der Waals surface area contributed by atoms with E-state index < -0.39 is 11.8 Å². The summed E-state index contributed by atoms with van der Waals surface area (Å²) in [5, 5.41) is 9.93. The molecule has 0 fully saturated rings. The number of nitrogens with zero attached hydrogens (tertiary/aromatic N) is 1. The van der Waals surface area contributed by atoms with Gasteiger partial charge in [0.25, 0.3) is 0 Å². The Labute approximate surface area is 131 Å². The highest BCUT2D eigenvalue weighted by molar-refractivity contribution is 6.31. The SMILES string of the molecule is O=C(O)c1c(F)c2cc(Cl)ccc2n1CCc1ccccc1. The number of halogens is 2. The molecule has 112 valence electrons. The van der Waals surface area contributed by atoms with E-state index in [0.29, 0.717) is 23.5 Å². The number of aromatic carboxylic acids is 1. The fourth-order valence-electron chi connectivity index (χ4n) is 2.61. The van der Waals surface area contributed by atoms with Crippen molar-refractivity contribution in [3.8, 4) is 0 Å². The van der Waals surface area contributed by atoms with E-state index in [-0.39, 0.29) is 11.1 Å². The Kier molecular flexibility index (Phi) is 3.86. The zero-order valence-electron chi connectivity index (χ0n) is 11.6. The number of hydrogen-bond acceptors (Lipinski definition) is 1. The van der Waals surface area contributed by atoms with E-state index >= 15 is 0 Å². The first-order valence-electron chi connectivity index (χ1n) is 6.82. The summed E-state index contributed by atoms with van der Waals surface area (Å²) in [7, 11) is 0. The van der Waals surface area contributed by atoms with E-state index in [0.717, 1.165) is 5.56 Å². The maximum atomic E-state index is 14.4. The smallest absolute Gasteiger partial charge is 0.355 e. The average molecular weight is 318 g/mol. The first kappa shape index (κ1) is 14.6. The number of rotatable bonds is 4. The summed E-state index contributed by atoms with van der Waals surface area (Å²) in [6, 6.07) is 14.4. The first-order valence-corrected chi connectivity index (χ1v) is 7.20. The molecular formula is C17H13ClFNO2. The van der Waals surface area contributed by atoms with Gasteiger partial charge in [-0.25, -0.2) is 9.18 Å². The molecule has 5 heteroatoms. The van der Waals surface area contributed by atoms with Crippen LogP contribution >= 0.6 is 11.6 Å². The Morgan fingerprint density at radius 1 is 1.18 bits per heavy atom. The van der Waals surface area contributed by atoms with Gasteiger partial charge < -0.3 is 9.67 Å². The fourth-order valence-corrected chi connectivity index (χ4v) is 2.79. The molecule has 1 N–H and O–H groups in total. The topological polar surface area (TPSA) is 42.2 Å². The third-order valence-corrected chi connectivity index (χ3v) is 3.87. The van der Waals surface area contributed by atoms with Crippen molar-refractivity contribution < 1.29 is 14.3 Å². The monoisotopic (exact) mass is 317 g/mol.